The number of phenols is 1. The van der Waals surface area contributed by atoms with Crippen molar-refractivity contribution in [3.05, 3.63) is 48.0 Å². The van der Waals surface area contributed by atoms with Gasteiger partial charge in [0.05, 0.1) is 0 Å². The van der Waals surface area contributed by atoms with Gasteiger partial charge in [0.15, 0.2) is 0 Å². The van der Waals surface area contributed by atoms with Gasteiger partial charge in [0.1, 0.15) is 22.1 Å². The van der Waals surface area contributed by atoms with E-state index in [0.29, 0.717) is 5.75 Å². The van der Waals surface area contributed by atoms with Crippen molar-refractivity contribution in [1.82, 2.24) is 0 Å². The molecule has 0 saturated carbocycles. The topological polar surface area (TPSA) is 83.8 Å². The summed E-state index contributed by atoms with van der Waals surface area (Å²) in [5, 5.41) is 9.57. The molecule has 2 aromatic carbocycles. The van der Waals surface area contributed by atoms with Crippen LogP contribution in [0, 0.1) is 0 Å². The minimum atomic E-state index is -4.51. The van der Waals surface area contributed by atoms with Crippen LogP contribution < -0.4 is 4.74 Å². The van der Waals surface area contributed by atoms with Crippen molar-refractivity contribution in [3.63, 3.8) is 0 Å². The van der Waals surface area contributed by atoms with E-state index < -0.39 is 15.0 Å². The third kappa shape index (κ3) is 9.61. The van der Waals surface area contributed by atoms with Gasteiger partial charge in [-0.2, -0.15) is 8.42 Å². The van der Waals surface area contributed by atoms with E-state index in [2.05, 4.69) is 6.92 Å². The number of aryl methyl sites for hydroxylation is 1. The van der Waals surface area contributed by atoms with E-state index in [1.807, 2.05) is 18.2 Å². The Kier molecular flexibility index (Phi) is 11.6. The SMILES string of the molecule is CCCCCCCCCCCCCCc1ccccc1Oc1ccc(O)cc1S(=O)(=O)O. The molecule has 0 spiro atoms. The van der Waals surface area contributed by atoms with Crippen LogP contribution in [0.5, 0.6) is 17.2 Å². The van der Waals surface area contributed by atoms with Crippen LogP contribution in [0.25, 0.3) is 0 Å². The molecular formula is C26H38O5S. The van der Waals surface area contributed by atoms with Gasteiger partial charge in [-0.25, -0.2) is 0 Å². The van der Waals surface area contributed by atoms with Gasteiger partial charge < -0.3 is 9.84 Å². The molecule has 5 nitrogen and oxygen atoms in total. The molecule has 0 amide bonds. The molecule has 2 N–H and O–H groups in total. The number of aromatic hydroxyl groups is 1. The highest BCUT2D eigenvalue weighted by Crippen LogP contribution is 2.33. The number of hydrogen-bond acceptors (Lipinski definition) is 4. The Bertz CT molecular complexity index is 908. The number of ether oxygens (including phenoxy) is 1. The van der Waals surface area contributed by atoms with Crippen LogP contribution in [0.2, 0.25) is 0 Å². The normalized spacial score (nSPS) is 11.6. The van der Waals surface area contributed by atoms with Gasteiger partial charge in [0.25, 0.3) is 10.1 Å². The fourth-order valence-electron chi connectivity index (χ4n) is 3.87. The molecule has 0 aliphatic carbocycles. The molecule has 0 unspecified atom stereocenters. The summed E-state index contributed by atoms with van der Waals surface area (Å²) >= 11 is 0. The summed E-state index contributed by atoms with van der Waals surface area (Å²) in [7, 11) is -4.51. The minimum Gasteiger partial charge on any atom is -0.508 e. The van der Waals surface area contributed by atoms with Crippen LogP contribution in [0.15, 0.2) is 47.4 Å². The van der Waals surface area contributed by atoms with Crippen molar-refractivity contribution < 1.29 is 22.8 Å². The Balaban J connectivity index is 1.76. The molecule has 0 saturated heterocycles. The lowest BCUT2D eigenvalue weighted by Crippen LogP contribution is -2.02. The maximum Gasteiger partial charge on any atom is 0.298 e. The van der Waals surface area contributed by atoms with Gasteiger partial charge in [-0.1, -0.05) is 95.8 Å². The molecule has 32 heavy (non-hydrogen) atoms. The van der Waals surface area contributed by atoms with E-state index in [9.17, 15) is 18.1 Å². The first kappa shape index (κ1) is 26.2. The zero-order valence-electron chi connectivity index (χ0n) is 19.3. The summed E-state index contributed by atoms with van der Waals surface area (Å²) in [4.78, 5) is -0.447. The predicted octanol–water partition coefficient (Wildman–Crippen LogP) is 7.67. The molecule has 6 heteroatoms. The predicted molar refractivity (Wildman–Crippen MR) is 129 cm³/mol. The average Bonchev–Trinajstić information content (AvgIpc) is 2.76. The molecule has 0 aliphatic heterocycles. The van der Waals surface area contributed by atoms with Crippen molar-refractivity contribution in [2.24, 2.45) is 0 Å². The number of rotatable bonds is 16. The first-order valence-electron chi connectivity index (χ1n) is 12.0. The lowest BCUT2D eigenvalue weighted by molar-refractivity contribution is 0.435. The second-order valence-corrected chi connectivity index (χ2v) is 9.84. The van der Waals surface area contributed by atoms with Gasteiger partial charge in [-0.15, -0.1) is 0 Å². The van der Waals surface area contributed by atoms with Crippen LogP contribution in [0.3, 0.4) is 0 Å². The lowest BCUT2D eigenvalue weighted by atomic mass is 10.0. The van der Waals surface area contributed by atoms with Crippen molar-refractivity contribution in [3.8, 4) is 17.2 Å². The highest BCUT2D eigenvalue weighted by atomic mass is 32.2. The van der Waals surface area contributed by atoms with E-state index in [4.69, 9.17) is 4.74 Å². The molecule has 178 valence electrons. The lowest BCUT2D eigenvalue weighted by Gasteiger charge is -2.13. The molecule has 2 aromatic rings. The fourth-order valence-corrected chi connectivity index (χ4v) is 4.50. The third-order valence-electron chi connectivity index (χ3n) is 5.70. The van der Waals surface area contributed by atoms with Crippen LogP contribution >= 0.6 is 0 Å². The first-order chi connectivity index (χ1) is 15.4. The first-order valence-corrected chi connectivity index (χ1v) is 13.4. The maximum absolute atomic E-state index is 11.6. The monoisotopic (exact) mass is 462 g/mol. The summed E-state index contributed by atoms with van der Waals surface area (Å²) in [5.41, 5.74) is 0.994. The van der Waals surface area contributed by atoms with E-state index in [-0.39, 0.29) is 11.5 Å². The van der Waals surface area contributed by atoms with Gasteiger partial charge in [-0.05, 0) is 36.6 Å². The molecular weight excluding hydrogens is 424 g/mol. The van der Waals surface area contributed by atoms with E-state index >= 15 is 0 Å². The number of phenolic OH excluding ortho intramolecular Hbond substituents is 1. The Morgan fingerprint density at radius 2 is 1.31 bits per heavy atom. The molecule has 0 heterocycles. The summed E-state index contributed by atoms with van der Waals surface area (Å²) in [6.07, 6.45) is 16.3. The second-order valence-electron chi connectivity index (χ2n) is 8.45. The Hall–Kier alpha value is -2.05. The fraction of sp³-hybridized carbons (Fsp3) is 0.538. The maximum atomic E-state index is 11.6. The van der Waals surface area contributed by atoms with E-state index in [1.165, 1.54) is 76.3 Å². The standard InChI is InChI=1S/C26H38O5S/c1-2-3-4-5-6-7-8-9-10-11-12-13-16-22-17-14-15-18-24(22)31-25-20-19-23(27)21-26(25)32(28,29)30/h14-15,17-21,27H,2-13,16H2,1H3,(H,28,29,30). The summed E-state index contributed by atoms with van der Waals surface area (Å²) in [6.45, 7) is 2.25. The largest absolute Gasteiger partial charge is 0.508 e. The third-order valence-corrected chi connectivity index (χ3v) is 6.57. The van der Waals surface area contributed by atoms with Crippen LogP contribution in [0.4, 0.5) is 0 Å². The number of para-hydroxylation sites is 1. The van der Waals surface area contributed by atoms with Gasteiger partial charge in [0, 0.05) is 6.07 Å². The summed E-state index contributed by atoms with van der Waals surface area (Å²) in [5.74, 6) is 0.299. The van der Waals surface area contributed by atoms with Crippen molar-refractivity contribution >= 4 is 10.1 Å². The van der Waals surface area contributed by atoms with Crippen LogP contribution in [-0.2, 0) is 16.5 Å². The Labute approximate surface area is 193 Å². The van der Waals surface area contributed by atoms with Crippen molar-refractivity contribution in [1.29, 1.82) is 0 Å². The molecule has 0 radical (unpaired) electrons. The van der Waals surface area contributed by atoms with Gasteiger partial charge in [0.2, 0.25) is 0 Å². The van der Waals surface area contributed by atoms with Gasteiger partial charge >= 0.3 is 0 Å². The zero-order valence-corrected chi connectivity index (χ0v) is 20.1. The second kappa shape index (κ2) is 14.2. The zero-order chi connectivity index (χ0) is 23.2. The van der Waals surface area contributed by atoms with Crippen molar-refractivity contribution in [2.75, 3.05) is 0 Å². The quantitative estimate of drug-likeness (QED) is 0.197. The molecule has 0 aliphatic rings. The summed E-state index contributed by atoms with van der Waals surface area (Å²) < 4.78 is 38.6. The van der Waals surface area contributed by atoms with Crippen LogP contribution in [0.1, 0.15) is 89.5 Å². The number of unbranched alkanes of at least 4 members (excludes halogenated alkanes) is 11. The highest BCUT2D eigenvalue weighted by molar-refractivity contribution is 7.86. The molecule has 0 fully saturated rings. The van der Waals surface area contributed by atoms with Gasteiger partial charge in [-0.3, -0.25) is 4.55 Å². The molecule has 0 bridgehead atoms. The van der Waals surface area contributed by atoms with E-state index in [1.54, 1.807) is 6.07 Å². The number of hydrogen-bond donors (Lipinski definition) is 2. The van der Waals surface area contributed by atoms with E-state index in [0.717, 1.165) is 30.9 Å². The Morgan fingerprint density at radius 3 is 1.91 bits per heavy atom. The molecule has 2 rings (SSSR count). The molecule has 0 aromatic heterocycles. The molecule has 0 atom stereocenters. The summed E-state index contributed by atoms with van der Waals surface area (Å²) in [6, 6.07) is 11.2. The number of benzene rings is 2. The van der Waals surface area contributed by atoms with Crippen molar-refractivity contribution in [2.45, 2.75) is 95.3 Å². The average molecular weight is 463 g/mol. The van der Waals surface area contributed by atoms with Crippen LogP contribution in [-0.4, -0.2) is 18.1 Å². The minimum absolute atomic E-state index is 0.00700. The Morgan fingerprint density at radius 1 is 0.750 bits per heavy atom. The highest BCUT2D eigenvalue weighted by Gasteiger charge is 2.19. The smallest absolute Gasteiger partial charge is 0.298 e.